The van der Waals surface area contributed by atoms with Gasteiger partial charge in [0, 0.05) is 19.2 Å². The summed E-state index contributed by atoms with van der Waals surface area (Å²) in [6.45, 7) is 2.36. The largest absolute Gasteiger partial charge is 0.396 e. The highest BCUT2D eigenvalue weighted by molar-refractivity contribution is 7.89. The molecule has 0 saturated heterocycles. The van der Waals surface area contributed by atoms with Crippen molar-refractivity contribution in [2.75, 3.05) is 25.5 Å². The van der Waals surface area contributed by atoms with Crippen molar-refractivity contribution in [1.82, 2.24) is 4.72 Å². The van der Waals surface area contributed by atoms with E-state index in [1.54, 1.807) is 6.92 Å². The quantitative estimate of drug-likeness (QED) is 0.598. The van der Waals surface area contributed by atoms with E-state index >= 15 is 0 Å². The number of nitrogens with two attached hydrogens (primary N) is 1. The summed E-state index contributed by atoms with van der Waals surface area (Å²) >= 11 is 0. The van der Waals surface area contributed by atoms with Crippen molar-refractivity contribution in [3.63, 3.8) is 0 Å². The summed E-state index contributed by atoms with van der Waals surface area (Å²) in [5.74, 6) is -2.19. The van der Waals surface area contributed by atoms with Gasteiger partial charge >= 0.3 is 0 Å². The van der Waals surface area contributed by atoms with Crippen molar-refractivity contribution in [2.45, 2.75) is 11.8 Å². The van der Waals surface area contributed by atoms with E-state index in [2.05, 4.69) is 4.72 Å². The Kier molecular flexibility index (Phi) is 5.00. The first kappa shape index (κ1) is 14.8. The fourth-order valence-electron chi connectivity index (χ4n) is 1.22. The molecule has 5 nitrogen and oxygen atoms in total. The highest BCUT2D eigenvalue weighted by Crippen LogP contribution is 2.20. The van der Waals surface area contributed by atoms with Crippen LogP contribution in [-0.2, 0) is 14.8 Å². The number of ether oxygens (including phenoxy) is 1. The number of halogens is 2. The van der Waals surface area contributed by atoms with Crippen LogP contribution in [0.15, 0.2) is 17.0 Å². The molecule has 1 aromatic carbocycles. The van der Waals surface area contributed by atoms with Gasteiger partial charge in [-0.05, 0) is 13.0 Å². The van der Waals surface area contributed by atoms with Crippen molar-refractivity contribution in [3.05, 3.63) is 23.8 Å². The number of anilines is 1. The lowest BCUT2D eigenvalue weighted by atomic mass is 10.3. The Morgan fingerprint density at radius 1 is 1.33 bits per heavy atom. The van der Waals surface area contributed by atoms with Gasteiger partial charge in [-0.25, -0.2) is 21.9 Å². The molecule has 0 saturated carbocycles. The van der Waals surface area contributed by atoms with Gasteiger partial charge in [0.15, 0.2) is 0 Å². The molecule has 0 aliphatic rings. The smallest absolute Gasteiger partial charge is 0.243 e. The SMILES string of the molecule is CCOCCNS(=O)(=O)c1cc(N)c(F)cc1F. The monoisotopic (exact) mass is 280 g/mol. The lowest BCUT2D eigenvalue weighted by molar-refractivity contribution is 0.153. The molecule has 0 amide bonds. The van der Waals surface area contributed by atoms with Crippen LogP contribution in [0, 0.1) is 11.6 Å². The predicted molar refractivity (Wildman–Crippen MR) is 62.5 cm³/mol. The molecule has 0 unspecified atom stereocenters. The minimum absolute atomic E-state index is 0.00705. The molecule has 0 aliphatic carbocycles. The molecule has 0 heterocycles. The van der Waals surface area contributed by atoms with Gasteiger partial charge in [0.05, 0.1) is 12.3 Å². The minimum Gasteiger partial charge on any atom is -0.396 e. The fraction of sp³-hybridized carbons (Fsp3) is 0.400. The molecule has 0 radical (unpaired) electrons. The van der Waals surface area contributed by atoms with Crippen LogP contribution in [0.4, 0.5) is 14.5 Å². The second-order valence-corrected chi connectivity index (χ2v) is 5.13. The number of hydrogen-bond acceptors (Lipinski definition) is 4. The number of nitrogens with one attached hydrogen (secondary N) is 1. The lowest BCUT2D eigenvalue weighted by Gasteiger charge is -2.08. The fourth-order valence-corrected chi connectivity index (χ4v) is 2.33. The van der Waals surface area contributed by atoms with E-state index in [0.29, 0.717) is 12.7 Å². The maximum Gasteiger partial charge on any atom is 0.243 e. The summed E-state index contributed by atoms with van der Waals surface area (Å²) in [5, 5.41) is 0. The Labute approximate surface area is 104 Å². The molecule has 8 heteroatoms. The summed E-state index contributed by atoms with van der Waals surface area (Å²) in [5.41, 5.74) is 4.77. The first-order chi connectivity index (χ1) is 8.38. The van der Waals surface area contributed by atoms with Crippen molar-refractivity contribution >= 4 is 15.7 Å². The average molecular weight is 280 g/mol. The third-order valence-corrected chi connectivity index (χ3v) is 3.56. The van der Waals surface area contributed by atoms with Gasteiger partial charge in [-0.1, -0.05) is 0 Å². The molecule has 18 heavy (non-hydrogen) atoms. The normalized spacial score (nSPS) is 11.7. The molecule has 0 aliphatic heterocycles. The van der Waals surface area contributed by atoms with Gasteiger partial charge < -0.3 is 10.5 Å². The molecule has 0 fully saturated rings. The first-order valence-electron chi connectivity index (χ1n) is 5.20. The molecule has 3 N–H and O–H groups in total. The Balaban J connectivity index is 2.88. The molecular formula is C10H14F2N2O3S. The number of hydrogen-bond donors (Lipinski definition) is 2. The van der Waals surface area contributed by atoms with Crippen LogP contribution in [0.5, 0.6) is 0 Å². The molecule has 102 valence electrons. The Bertz CT molecular complexity index is 520. The summed E-state index contributed by atoms with van der Waals surface area (Å²) < 4.78 is 56.7. The number of sulfonamides is 1. The second kappa shape index (κ2) is 6.07. The third-order valence-electron chi connectivity index (χ3n) is 2.08. The minimum atomic E-state index is -4.06. The van der Waals surface area contributed by atoms with E-state index in [1.807, 2.05) is 0 Å². The zero-order valence-corrected chi connectivity index (χ0v) is 10.6. The highest BCUT2D eigenvalue weighted by Gasteiger charge is 2.20. The van der Waals surface area contributed by atoms with E-state index in [1.165, 1.54) is 0 Å². The summed E-state index contributed by atoms with van der Waals surface area (Å²) in [6, 6.07) is 1.18. The first-order valence-corrected chi connectivity index (χ1v) is 6.68. The van der Waals surface area contributed by atoms with Crippen LogP contribution < -0.4 is 10.5 Å². The number of benzene rings is 1. The molecule has 0 aromatic heterocycles. The van der Waals surface area contributed by atoms with Gasteiger partial charge in [0.2, 0.25) is 10.0 Å². The van der Waals surface area contributed by atoms with Crippen LogP contribution in [-0.4, -0.2) is 28.2 Å². The van der Waals surface area contributed by atoms with Crippen molar-refractivity contribution < 1.29 is 21.9 Å². The van der Waals surface area contributed by atoms with Crippen LogP contribution in [0.3, 0.4) is 0 Å². The number of rotatable bonds is 6. The van der Waals surface area contributed by atoms with Crippen LogP contribution in [0.2, 0.25) is 0 Å². The molecule has 0 bridgehead atoms. The Morgan fingerprint density at radius 2 is 2.00 bits per heavy atom. The van der Waals surface area contributed by atoms with E-state index in [-0.39, 0.29) is 13.2 Å². The van der Waals surface area contributed by atoms with Gasteiger partial charge in [0.25, 0.3) is 0 Å². The zero-order chi connectivity index (χ0) is 13.8. The summed E-state index contributed by atoms with van der Waals surface area (Å²) in [4.78, 5) is -0.683. The number of nitrogen functional groups attached to an aromatic ring is 1. The maximum atomic E-state index is 13.4. The zero-order valence-electron chi connectivity index (χ0n) is 9.74. The molecule has 1 aromatic rings. The molecule has 1 rings (SSSR count). The maximum absolute atomic E-state index is 13.4. The third kappa shape index (κ3) is 3.62. The molecular weight excluding hydrogens is 266 g/mol. The topological polar surface area (TPSA) is 81.4 Å². The van der Waals surface area contributed by atoms with E-state index in [9.17, 15) is 17.2 Å². The van der Waals surface area contributed by atoms with Gasteiger partial charge in [-0.2, -0.15) is 0 Å². The average Bonchev–Trinajstić information content (AvgIpc) is 2.29. The Hall–Kier alpha value is -1.25. The van der Waals surface area contributed by atoms with E-state index < -0.39 is 32.2 Å². The lowest BCUT2D eigenvalue weighted by Crippen LogP contribution is -2.28. The Morgan fingerprint density at radius 3 is 2.61 bits per heavy atom. The van der Waals surface area contributed by atoms with Crippen LogP contribution >= 0.6 is 0 Å². The van der Waals surface area contributed by atoms with Gasteiger partial charge in [0.1, 0.15) is 16.5 Å². The van der Waals surface area contributed by atoms with Crippen molar-refractivity contribution in [3.8, 4) is 0 Å². The van der Waals surface area contributed by atoms with Crippen molar-refractivity contribution in [1.29, 1.82) is 0 Å². The summed E-state index contributed by atoms with van der Waals surface area (Å²) in [7, 11) is -4.06. The molecule has 0 atom stereocenters. The summed E-state index contributed by atoms with van der Waals surface area (Å²) in [6.07, 6.45) is 0. The van der Waals surface area contributed by atoms with Gasteiger partial charge in [-0.3, -0.25) is 0 Å². The standard InChI is InChI=1S/C10H14F2N2O3S/c1-2-17-4-3-14-18(15,16)10-6-9(13)7(11)5-8(10)12/h5-6,14H,2-4,13H2,1H3. The van der Waals surface area contributed by atoms with Gasteiger partial charge in [-0.15, -0.1) is 0 Å². The second-order valence-electron chi connectivity index (χ2n) is 3.40. The van der Waals surface area contributed by atoms with E-state index in [0.717, 1.165) is 6.07 Å². The predicted octanol–water partition coefficient (Wildman–Crippen LogP) is 0.862. The van der Waals surface area contributed by atoms with E-state index in [4.69, 9.17) is 10.5 Å². The van der Waals surface area contributed by atoms with Crippen molar-refractivity contribution in [2.24, 2.45) is 0 Å². The van der Waals surface area contributed by atoms with Crippen LogP contribution in [0.1, 0.15) is 6.92 Å². The van der Waals surface area contributed by atoms with Crippen LogP contribution in [0.25, 0.3) is 0 Å². The molecule has 0 spiro atoms. The highest BCUT2D eigenvalue weighted by atomic mass is 32.2.